The van der Waals surface area contributed by atoms with Crippen LogP contribution in [0.5, 0.6) is 5.75 Å². The molecular weight excluding hydrogens is 594 g/mol. The van der Waals surface area contributed by atoms with Gasteiger partial charge in [-0.25, -0.2) is 14.1 Å². The number of thiazole rings is 1. The van der Waals surface area contributed by atoms with Gasteiger partial charge in [0.05, 0.1) is 6.04 Å². The normalized spacial score (nSPS) is 20.0. The number of amides is 3. The minimum Gasteiger partial charge on any atom is -0.508 e. The number of nitrogen functional groups attached to an aromatic ring is 1. The maximum Gasteiger partial charge on any atom is 0.362 e. The highest BCUT2D eigenvalue weighted by atomic mass is 32.2. The number of nitrogens with zero attached hydrogens (tertiary/aromatic N) is 4. The van der Waals surface area contributed by atoms with E-state index in [-0.39, 0.29) is 32.7 Å². The summed E-state index contributed by atoms with van der Waals surface area (Å²) in [6.07, 6.45) is 0.734. The first-order valence-corrected chi connectivity index (χ1v) is 13.7. The first-order valence-electron chi connectivity index (χ1n) is 11.4. The number of rotatable bonds is 10. The van der Waals surface area contributed by atoms with Gasteiger partial charge in [0.2, 0.25) is 5.60 Å². The number of pyridine rings is 1. The third-order valence-corrected chi connectivity index (χ3v) is 7.87. The van der Waals surface area contributed by atoms with Crippen LogP contribution in [0.4, 0.5) is 5.13 Å². The van der Waals surface area contributed by atoms with E-state index >= 15 is 0 Å². The number of carboxylic acids is 1. The highest BCUT2D eigenvalue weighted by Gasteiger charge is 2.54. The summed E-state index contributed by atoms with van der Waals surface area (Å²) in [5.41, 5.74) is 1.25. The molecule has 2 aromatic rings. The maximum absolute atomic E-state index is 13.2. The number of anilines is 1. The van der Waals surface area contributed by atoms with Crippen molar-refractivity contribution < 1.29 is 52.4 Å². The third kappa shape index (κ3) is 5.62. The Morgan fingerprint density at radius 3 is 2.49 bits per heavy atom. The molecule has 41 heavy (non-hydrogen) atoms. The van der Waals surface area contributed by atoms with Crippen molar-refractivity contribution in [3.05, 3.63) is 39.3 Å². The zero-order chi connectivity index (χ0) is 30.3. The Labute approximate surface area is 232 Å². The lowest BCUT2D eigenvalue weighted by molar-refractivity contribution is -0.178. The molecule has 0 bridgehead atoms. The highest BCUT2D eigenvalue weighted by molar-refractivity contribution is 7.84. The second kappa shape index (κ2) is 10.7. The van der Waals surface area contributed by atoms with Crippen molar-refractivity contribution in [3.63, 3.8) is 0 Å². The van der Waals surface area contributed by atoms with E-state index in [1.807, 2.05) is 0 Å². The van der Waals surface area contributed by atoms with Gasteiger partial charge in [-0.3, -0.25) is 23.7 Å². The van der Waals surface area contributed by atoms with Gasteiger partial charge >= 0.3 is 16.3 Å². The first kappa shape index (κ1) is 29.2. The van der Waals surface area contributed by atoms with Crippen molar-refractivity contribution in [3.8, 4) is 5.75 Å². The number of aliphatic carboxylic acids is 1. The van der Waals surface area contributed by atoms with Crippen molar-refractivity contribution in [1.29, 1.82) is 0 Å². The van der Waals surface area contributed by atoms with Gasteiger partial charge in [0.15, 0.2) is 16.5 Å². The maximum atomic E-state index is 13.2. The van der Waals surface area contributed by atoms with E-state index in [1.165, 1.54) is 5.38 Å². The predicted molar refractivity (Wildman–Crippen MR) is 134 cm³/mol. The van der Waals surface area contributed by atoms with Crippen LogP contribution in [-0.4, -0.2) is 96.0 Å². The molecule has 0 aromatic carbocycles. The van der Waals surface area contributed by atoms with Crippen molar-refractivity contribution in [2.24, 2.45) is 5.16 Å². The molecule has 0 unspecified atom stereocenters. The Kier molecular flexibility index (Phi) is 7.60. The summed E-state index contributed by atoms with van der Waals surface area (Å²) >= 11 is 0.902. The molecular formula is C20H21N7O12S2. The number of nitrogens with one attached hydrogen (secondary N) is 2. The molecule has 2 atom stereocenters. The van der Waals surface area contributed by atoms with E-state index in [4.69, 9.17) is 10.6 Å². The highest BCUT2D eigenvalue weighted by Crippen LogP contribution is 2.36. The van der Waals surface area contributed by atoms with Crippen LogP contribution in [0, 0.1) is 0 Å². The molecule has 1 aliphatic carbocycles. The second-order valence-electron chi connectivity index (χ2n) is 8.84. The van der Waals surface area contributed by atoms with Crippen LogP contribution in [0.2, 0.25) is 0 Å². The van der Waals surface area contributed by atoms with Gasteiger partial charge in [-0.2, -0.15) is 8.42 Å². The van der Waals surface area contributed by atoms with E-state index < -0.39 is 80.9 Å². The minimum atomic E-state index is -5.18. The fourth-order valence-corrected chi connectivity index (χ4v) is 5.37. The molecule has 2 aromatic heterocycles. The molecule has 0 spiro atoms. The van der Waals surface area contributed by atoms with Crippen LogP contribution in [0.3, 0.4) is 0 Å². The molecule has 2 aliphatic rings. The monoisotopic (exact) mass is 615 g/mol. The SMILES string of the molecule is Nc1nc(C(=NOC2(C(=O)O)CCC2)C(=O)N[C@@H]2C(=O)N(S(=O)(=O)O)[C@@H]2CNC(=O)c2cc(O)cc(=O)n2O)cs1. The summed E-state index contributed by atoms with van der Waals surface area (Å²) in [4.78, 5) is 70.6. The molecule has 220 valence electrons. The Hall–Kier alpha value is -4.76. The van der Waals surface area contributed by atoms with E-state index in [0.717, 1.165) is 17.4 Å². The molecule has 19 nitrogen and oxygen atoms in total. The smallest absolute Gasteiger partial charge is 0.362 e. The summed E-state index contributed by atoms with van der Waals surface area (Å²) in [6.45, 7) is -0.756. The van der Waals surface area contributed by atoms with Gasteiger partial charge in [-0.1, -0.05) is 5.16 Å². The first-order chi connectivity index (χ1) is 19.1. The van der Waals surface area contributed by atoms with Crippen LogP contribution in [0.1, 0.15) is 35.4 Å². The third-order valence-electron chi connectivity index (χ3n) is 6.24. The van der Waals surface area contributed by atoms with Crippen molar-refractivity contribution in [1.82, 2.24) is 24.7 Å². The molecule has 1 aliphatic heterocycles. The Bertz CT molecular complexity index is 1630. The molecule has 8 N–H and O–H groups in total. The molecule has 3 amide bonds. The number of aromatic nitrogens is 2. The van der Waals surface area contributed by atoms with Gasteiger partial charge in [-0.05, 0) is 6.42 Å². The molecule has 4 rings (SSSR count). The van der Waals surface area contributed by atoms with Crippen LogP contribution in [0.15, 0.2) is 27.5 Å². The standard InChI is InChI=1S/C20H21N7O12S2/c21-19-23-9(7-40-19)13(25-39-20(18(33)34)2-1-3-20)16(31)24-14-11(27(17(14)32)41(36,37)38)6-22-15(30)10-4-8(28)5-12(29)26(10)35/h4-5,7,11,14,28,35H,1-3,6H2,(H2,21,23)(H,22,30)(H,24,31)(H,33,34)(H,36,37,38)/t11-,14+/m1/s1. The number of carboxylic acid groups (broad SMARTS) is 1. The Morgan fingerprint density at radius 1 is 1.27 bits per heavy atom. The fourth-order valence-electron chi connectivity index (χ4n) is 3.95. The second-order valence-corrected chi connectivity index (χ2v) is 11.0. The average molecular weight is 616 g/mol. The summed E-state index contributed by atoms with van der Waals surface area (Å²) in [5.74, 6) is -5.67. The van der Waals surface area contributed by atoms with Gasteiger partial charge in [0, 0.05) is 36.9 Å². The van der Waals surface area contributed by atoms with Crippen LogP contribution >= 0.6 is 11.3 Å². The number of hydrogen-bond acceptors (Lipinski definition) is 14. The van der Waals surface area contributed by atoms with Crippen LogP contribution in [-0.2, 0) is 29.5 Å². The number of nitrogens with two attached hydrogens (primary N) is 1. The van der Waals surface area contributed by atoms with Crippen molar-refractivity contribution >= 4 is 56.2 Å². The fraction of sp³-hybridized carbons (Fsp3) is 0.350. The zero-order valence-electron chi connectivity index (χ0n) is 20.5. The Morgan fingerprint density at radius 2 is 1.95 bits per heavy atom. The average Bonchev–Trinajstić information content (AvgIpc) is 3.27. The number of aromatic hydroxyl groups is 1. The van der Waals surface area contributed by atoms with Gasteiger partial charge < -0.3 is 36.6 Å². The molecule has 2 fully saturated rings. The number of carbonyl (C=O) groups is 4. The van der Waals surface area contributed by atoms with Crippen LogP contribution in [0.25, 0.3) is 0 Å². The van der Waals surface area contributed by atoms with Gasteiger partial charge in [-0.15, -0.1) is 16.1 Å². The number of oxime groups is 1. The summed E-state index contributed by atoms with van der Waals surface area (Å²) in [6, 6.07) is -1.99. The van der Waals surface area contributed by atoms with Gasteiger partial charge in [0.25, 0.3) is 23.3 Å². The predicted octanol–water partition coefficient (Wildman–Crippen LogP) is -2.51. The van der Waals surface area contributed by atoms with Crippen molar-refractivity contribution in [2.45, 2.75) is 36.9 Å². The van der Waals surface area contributed by atoms with E-state index in [0.29, 0.717) is 12.5 Å². The summed E-state index contributed by atoms with van der Waals surface area (Å²) in [7, 11) is -5.18. The number of carbonyl (C=O) groups excluding carboxylic acids is 3. The zero-order valence-corrected chi connectivity index (χ0v) is 22.1. The molecule has 0 radical (unpaired) electrons. The van der Waals surface area contributed by atoms with E-state index in [1.54, 1.807) is 0 Å². The van der Waals surface area contributed by atoms with Gasteiger partial charge in [0.1, 0.15) is 17.5 Å². The quantitative estimate of drug-likeness (QED) is 0.0477. The van der Waals surface area contributed by atoms with E-state index in [2.05, 4.69) is 20.8 Å². The lowest BCUT2D eigenvalue weighted by Gasteiger charge is -2.44. The summed E-state index contributed by atoms with van der Waals surface area (Å²) in [5, 5.41) is 38.0. The number of β-lactam (4-membered cyclic amide) rings is 1. The molecule has 21 heteroatoms. The van der Waals surface area contributed by atoms with Crippen LogP contribution < -0.4 is 21.9 Å². The molecule has 1 saturated carbocycles. The summed E-state index contributed by atoms with van der Waals surface area (Å²) < 4.78 is 32.9. The topological polar surface area (TPSA) is 293 Å². The largest absolute Gasteiger partial charge is 0.508 e. The number of hydrogen-bond donors (Lipinski definition) is 7. The lowest BCUT2D eigenvalue weighted by Crippen LogP contribution is -2.74. The van der Waals surface area contributed by atoms with Crippen molar-refractivity contribution in [2.75, 3.05) is 12.3 Å². The minimum absolute atomic E-state index is 0.00394. The molecule has 3 heterocycles. The molecule has 1 saturated heterocycles. The lowest BCUT2D eigenvalue weighted by atomic mass is 9.80. The Balaban J connectivity index is 1.57. The van der Waals surface area contributed by atoms with E-state index in [9.17, 15) is 52.4 Å².